The molecule has 1 amide bonds. The maximum atomic E-state index is 13.3. The fourth-order valence-electron chi connectivity index (χ4n) is 4.13. The molecule has 0 unspecified atom stereocenters. The normalized spacial score (nSPS) is 17.0. The van der Waals surface area contributed by atoms with E-state index in [9.17, 15) is 13.6 Å². The minimum Gasteiger partial charge on any atom is -0.497 e. The number of anilines is 1. The van der Waals surface area contributed by atoms with Crippen molar-refractivity contribution in [2.75, 3.05) is 12.4 Å². The van der Waals surface area contributed by atoms with Crippen LogP contribution in [0.5, 0.6) is 17.2 Å². The molecule has 7 heteroatoms. The highest BCUT2D eigenvalue weighted by Crippen LogP contribution is 2.52. The van der Waals surface area contributed by atoms with Crippen LogP contribution in [0.2, 0.25) is 0 Å². The third-order valence-electron chi connectivity index (χ3n) is 6.00. The van der Waals surface area contributed by atoms with Crippen LogP contribution in [0.3, 0.4) is 0 Å². The predicted molar refractivity (Wildman–Crippen MR) is 115 cm³/mol. The van der Waals surface area contributed by atoms with Crippen molar-refractivity contribution in [3.8, 4) is 28.4 Å². The first kappa shape index (κ1) is 20.3. The van der Waals surface area contributed by atoms with E-state index in [4.69, 9.17) is 4.74 Å². The number of rotatable bonds is 5. The SMILES string of the molecule is COc1cccc(-c2ccc(NC(=O)C3(c4ccc5c(c4)OC(F)(F)O5)CC3)cc2C)c1. The lowest BCUT2D eigenvalue weighted by Gasteiger charge is -2.17. The molecule has 164 valence electrons. The number of alkyl halides is 2. The lowest BCUT2D eigenvalue weighted by Crippen LogP contribution is -2.28. The number of ether oxygens (including phenoxy) is 3. The molecule has 0 atom stereocenters. The fraction of sp³-hybridized carbons (Fsp3) is 0.240. The minimum atomic E-state index is -3.68. The van der Waals surface area contributed by atoms with Gasteiger partial charge < -0.3 is 19.5 Å². The van der Waals surface area contributed by atoms with Gasteiger partial charge in [0, 0.05) is 5.69 Å². The molecule has 1 N–H and O–H groups in total. The zero-order valence-corrected chi connectivity index (χ0v) is 17.6. The number of benzene rings is 3. The molecule has 0 spiro atoms. The first-order valence-corrected chi connectivity index (χ1v) is 10.3. The van der Waals surface area contributed by atoms with Crippen LogP contribution in [0.15, 0.2) is 60.7 Å². The van der Waals surface area contributed by atoms with Gasteiger partial charge in [0.2, 0.25) is 5.91 Å². The van der Waals surface area contributed by atoms with Crippen molar-refractivity contribution >= 4 is 11.6 Å². The Hall–Kier alpha value is -3.61. The van der Waals surface area contributed by atoms with Crippen LogP contribution in [0.1, 0.15) is 24.0 Å². The highest BCUT2D eigenvalue weighted by molar-refractivity contribution is 6.01. The summed E-state index contributed by atoms with van der Waals surface area (Å²) in [5.74, 6) is 0.525. The zero-order valence-electron chi connectivity index (χ0n) is 17.6. The van der Waals surface area contributed by atoms with Gasteiger partial charge >= 0.3 is 6.29 Å². The summed E-state index contributed by atoms with van der Waals surface area (Å²) in [5, 5.41) is 2.99. The van der Waals surface area contributed by atoms with E-state index in [2.05, 4.69) is 14.8 Å². The maximum absolute atomic E-state index is 13.3. The first-order valence-electron chi connectivity index (χ1n) is 10.3. The Balaban J connectivity index is 1.36. The summed E-state index contributed by atoms with van der Waals surface area (Å²) in [4.78, 5) is 13.1. The molecule has 0 saturated heterocycles. The second kappa shape index (κ2) is 7.22. The minimum absolute atomic E-state index is 0.0290. The highest BCUT2D eigenvalue weighted by Gasteiger charge is 2.52. The number of methoxy groups -OCH3 is 1. The van der Waals surface area contributed by atoms with Crippen molar-refractivity contribution in [1.82, 2.24) is 0 Å². The van der Waals surface area contributed by atoms with Crippen LogP contribution in [0, 0.1) is 6.92 Å². The van der Waals surface area contributed by atoms with Crippen molar-refractivity contribution in [3.63, 3.8) is 0 Å². The molecule has 3 aromatic carbocycles. The Labute approximate surface area is 183 Å². The average Bonchev–Trinajstić information content (AvgIpc) is 3.51. The number of halogens is 2. The molecule has 2 aliphatic rings. The standard InChI is InChI=1S/C25H21F2NO4/c1-15-12-18(7-8-20(15)16-4-3-5-19(13-16)30-2)28-23(29)24(10-11-24)17-6-9-21-22(14-17)32-25(26,27)31-21/h3-9,12-14H,10-11H2,1-2H3,(H,28,29). The summed E-state index contributed by atoms with van der Waals surface area (Å²) < 4.78 is 41.0. The van der Waals surface area contributed by atoms with Crippen LogP contribution in [-0.2, 0) is 10.2 Å². The molecule has 0 aromatic heterocycles. The Bertz CT molecular complexity index is 1220. The van der Waals surface area contributed by atoms with Crippen LogP contribution < -0.4 is 19.5 Å². The van der Waals surface area contributed by atoms with Gasteiger partial charge in [-0.25, -0.2) is 0 Å². The summed E-state index contributed by atoms with van der Waals surface area (Å²) in [6.07, 6.45) is -2.41. The van der Waals surface area contributed by atoms with E-state index in [1.54, 1.807) is 13.2 Å². The molecule has 0 radical (unpaired) electrons. The van der Waals surface area contributed by atoms with E-state index in [1.807, 2.05) is 49.4 Å². The quantitative estimate of drug-likeness (QED) is 0.559. The topological polar surface area (TPSA) is 56.8 Å². The van der Waals surface area contributed by atoms with Crippen molar-refractivity contribution < 1.29 is 27.8 Å². The molecule has 32 heavy (non-hydrogen) atoms. The van der Waals surface area contributed by atoms with E-state index >= 15 is 0 Å². The van der Waals surface area contributed by atoms with Crippen LogP contribution in [-0.4, -0.2) is 19.3 Å². The van der Waals surface area contributed by atoms with Gasteiger partial charge in [-0.1, -0.05) is 24.3 Å². The molecular formula is C25H21F2NO4. The molecule has 1 heterocycles. The largest absolute Gasteiger partial charge is 0.586 e. The van der Waals surface area contributed by atoms with E-state index in [-0.39, 0.29) is 17.4 Å². The van der Waals surface area contributed by atoms with Gasteiger partial charge in [-0.3, -0.25) is 4.79 Å². The highest BCUT2D eigenvalue weighted by atomic mass is 19.3. The van der Waals surface area contributed by atoms with Crippen molar-refractivity contribution in [2.24, 2.45) is 0 Å². The number of hydrogen-bond acceptors (Lipinski definition) is 4. The van der Waals surface area contributed by atoms with Gasteiger partial charge in [-0.2, -0.15) is 0 Å². The Morgan fingerprint density at radius 2 is 1.78 bits per heavy atom. The van der Waals surface area contributed by atoms with Crippen molar-refractivity contribution in [2.45, 2.75) is 31.5 Å². The molecule has 1 saturated carbocycles. The van der Waals surface area contributed by atoms with Crippen molar-refractivity contribution in [3.05, 3.63) is 71.8 Å². The number of amides is 1. The number of carbonyl (C=O) groups excluding carboxylic acids is 1. The van der Waals surface area contributed by atoms with E-state index in [0.717, 1.165) is 22.4 Å². The monoisotopic (exact) mass is 437 g/mol. The zero-order chi connectivity index (χ0) is 22.5. The second-order valence-electron chi connectivity index (χ2n) is 8.13. The number of nitrogens with one attached hydrogen (secondary N) is 1. The summed E-state index contributed by atoms with van der Waals surface area (Å²) >= 11 is 0. The lowest BCUT2D eigenvalue weighted by atomic mass is 9.94. The van der Waals surface area contributed by atoms with Crippen LogP contribution in [0.4, 0.5) is 14.5 Å². The molecule has 3 aromatic rings. The third-order valence-corrected chi connectivity index (χ3v) is 6.00. The second-order valence-corrected chi connectivity index (χ2v) is 8.13. The Morgan fingerprint density at radius 1 is 1.00 bits per heavy atom. The fourth-order valence-corrected chi connectivity index (χ4v) is 4.13. The smallest absolute Gasteiger partial charge is 0.497 e. The molecule has 5 nitrogen and oxygen atoms in total. The summed E-state index contributed by atoms with van der Waals surface area (Å²) in [7, 11) is 1.63. The van der Waals surface area contributed by atoms with E-state index in [0.29, 0.717) is 24.1 Å². The average molecular weight is 437 g/mol. The number of hydrogen-bond donors (Lipinski definition) is 1. The van der Waals surface area contributed by atoms with E-state index < -0.39 is 11.7 Å². The van der Waals surface area contributed by atoms with Gasteiger partial charge in [-0.05, 0) is 78.4 Å². The summed E-state index contributed by atoms with van der Waals surface area (Å²) in [6, 6.07) is 18.1. The van der Waals surface area contributed by atoms with Gasteiger partial charge in [0.15, 0.2) is 11.5 Å². The van der Waals surface area contributed by atoms with Crippen LogP contribution >= 0.6 is 0 Å². The lowest BCUT2D eigenvalue weighted by molar-refractivity contribution is -0.286. The van der Waals surface area contributed by atoms with Gasteiger partial charge in [0.25, 0.3) is 0 Å². The molecule has 0 bridgehead atoms. The first-order chi connectivity index (χ1) is 15.3. The maximum Gasteiger partial charge on any atom is 0.586 e. The summed E-state index contributed by atoms with van der Waals surface area (Å²) in [6.45, 7) is 1.98. The molecular weight excluding hydrogens is 416 g/mol. The molecule has 1 aliphatic carbocycles. The summed E-state index contributed by atoms with van der Waals surface area (Å²) in [5.41, 5.74) is 3.63. The van der Waals surface area contributed by atoms with Crippen LogP contribution in [0.25, 0.3) is 11.1 Å². The van der Waals surface area contributed by atoms with Gasteiger partial charge in [-0.15, -0.1) is 8.78 Å². The number of carbonyl (C=O) groups is 1. The molecule has 5 rings (SSSR count). The van der Waals surface area contributed by atoms with E-state index in [1.165, 1.54) is 12.1 Å². The Kier molecular flexibility index (Phi) is 4.58. The molecule has 1 aliphatic heterocycles. The number of fused-ring (bicyclic) bond motifs is 1. The van der Waals surface area contributed by atoms with Gasteiger partial charge in [0.05, 0.1) is 12.5 Å². The van der Waals surface area contributed by atoms with Crippen molar-refractivity contribution in [1.29, 1.82) is 0 Å². The predicted octanol–water partition coefficient (Wildman–Crippen LogP) is 5.66. The molecule has 1 fully saturated rings. The number of aryl methyl sites for hydroxylation is 1. The Morgan fingerprint density at radius 3 is 2.50 bits per heavy atom. The van der Waals surface area contributed by atoms with Gasteiger partial charge in [0.1, 0.15) is 5.75 Å². The third kappa shape index (κ3) is 3.53.